The van der Waals surface area contributed by atoms with Crippen molar-refractivity contribution in [3.63, 3.8) is 0 Å². The number of rotatable bonds is 7. The SMILES string of the molecule is C[C@@H](/C=C/CCO)[C@]1(O)C(=O)N(Cc2cccc(N3C(=O)COc4ccccc43)c2)c2ccc(Br)cc21. The molecule has 0 aromatic heterocycles. The van der Waals surface area contributed by atoms with Gasteiger partial charge in [0, 0.05) is 28.2 Å². The zero-order valence-corrected chi connectivity index (χ0v) is 21.9. The lowest BCUT2D eigenvalue weighted by Gasteiger charge is -2.30. The number of aliphatic hydroxyl groups excluding tert-OH is 1. The van der Waals surface area contributed by atoms with E-state index in [-0.39, 0.29) is 25.7 Å². The molecule has 8 heteroatoms. The largest absolute Gasteiger partial charge is 0.482 e. The average Bonchev–Trinajstić information content (AvgIpc) is 3.11. The summed E-state index contributed by atoms with van der Waals surface area (Å²) in [5, 5.41) is 20.9. The number of carbonyl (C=O) groups excluding carboxylic acids is 2. The highest BCUT2D eigenvalue weighted by Gasteiger charge is 2.52. The Balaban J connectivity index is 1.49. The third-order valence-corrected chi connectivity index (χ3v) is 7.32. The summed E-state index contributed by atoms with van der Waals surface area (Å²) >= 11 is 3.47. The maximum Gasteiger partial charge on any atom is 0.269 e. The number of ether oxygens (including phenoxy) is 1. The third kappa shape index (κ3) is 4.45. The first-order valence-corrected chi connectivity index (χ1v) is 12.9. The molecule has 2 amide bonds. The zero-order chi connectivity index (χ0) is 26.2. The number of hydrogen-bond acceptors (Lipinski definition) is 5. The van der Waals surface area contributed by atoms with Gasteiger partial charge in [0.25, 0.3) is 11.8 Å². The van der Waals surface area contributed by atoms with Gasteiger partial charge >= 0.3 is 0 Å². The van der Waals surface area contributed by atoms with Gasteiger partial charge in [-0.15, -0.1) is 0 Å². The predicted octanol–water partition coefficient (Wildman–Crippen LogP) is 4.82. The maximum atomic E-state index is 13.8. The normalized spacial score (nSPS) is 19.7. The van der Waals surface area contributed by atoms with Gasteiger partial charge in [-0.05, 0) is 54.4 Å². The molecule has 3 aromatic rings. The van der Waals surface area contributed by atoms with Crippen molar-refractivity contribution in [2.75, 3.05) is 23.0 Å². The number of nitrogens with zero attached hydrogens (tertiary/aromatic N) is 2. The fraction of sp³-hybridized carbons (Fsp3) is 0.241. The van der Waals surface area contributed by atoms with Crippen molar-refractivity contribution in [2.24, 2.45) is 5.92 Å². The lowest BCUT2D eigenvalue weighted by atomic mass is 9.83. The summed E-state index contributed by atoms with van der Waals surface area (Å²) in [7, 11) is 0. The second-order valence-electron chi connectivity index (χ2n) is 9.20. The Morgan fingerprint density at radius 1 is 1.08 bits per heavy atom. The molecule has 2 heterocycles. The fourth-order valence-electron chi connectivity index (χ4n) is 4.95. The van der Waals surface area contributed by atoms with Crippen LogP contribution in [0.25, 0.3) is 0 Å². The van der Waals surface area contributed by atoms with E-state index >= 15 is 0 Å². The van der Waals surface area contributed by atoms with Crippen LogP contribution in [0.15, 0.2) is 83.4 Å². The quantitative estimate of drug-likeness (QED) is 0.403. The van der Waals surface area contributed by atoms with E-state index in [0.717, 1.165) is 10.0 Å². The first-order chi connectivity index (χ1) is 17.8. The molecular formula is C29H27BrN2O5. The molecule has 37 heavy (non-hydrogen) atoms. The Bertz CT molecular complexity index is 1390. The molecule has 2 aliphatic heterocycles. The Hall–Kier alpha value is -3.46. The number of para-hydroxylation sites is 2. The van der Waals surface area contributed by atoms with Crippen molar-refractivity contribution >= 4 is 44.8 Å². The third-order valence-electron chi connectivity index (χ3n) is 6.83. The monoisotopic (exact) mass is 562 g/mol. The van der Waals surface area contributed by atoms with Crippen LogP contribution < -0.4 is 14.5 Å². The van der Waals surface area contributed by atoms with Crippen molar-refractivity contribution in [3.05, 3.63) is 94.5 Å². The molecule has 0 radical (unpaired) electrons. The zero-order valence-electron chi connectivity index (χ0n) is 20.3. The molecule has 0 unspecified atom stereocenters. The minimum absolute atomic E-state index is 0.00365. The van der Waals surface area contributed by atoms with E-state index in [1.807, 2.05) is 60.7 Å². The molecule has 2 aliphatic rings. The van der Waals surface area contributed by atoms with Crippen LogP contribution in [-0.4, -0.2) is 35.2 Å². The molecule has 0 saturated carbocycles. The predicted molar refractivity (Wildman–Crippen MR) is 145 cm³/mol. The van der Waals surface area contributed by atoms with E-state index in [2.05, 4.69) is 15.9 Å². The van der Waals surface area contributed by atoms with Gasteiger partial charge in [0.2, 0.25) is 0 Å². The van der Waals surface area contributed by atoms with Gasteiger partial charge < -0.3 is 19.8 Å². The standard InChI is InChI=1S/C29H27BrN2O5/c1-19(7-4-5-14-33)29(36)23-16-21(30)12-13-24(23)31(28(29)35)17-20-8-6-9-22(15-20)32-25-10-2-3-11-26(25)37-18-27(32)34/h2-4,6-13,15-16,19,33,36H,5,14,17-18H2,1H3/b7-4+/t19-,29+/m0/s1. The summed E-state index contributed by atoms with van der Waals surface area (Å²) in [6, 6.07) is 20.3. The number of amides is 2. The molecular weight excluding hydrogens is 536 g/mol. The van der Waals surface area contributed by atoms with Gasteiger partial charge in [-0.3, -0.25) is 14.5 Å². The Kier molecular flexibility index (Phi) is 6.90. The summed E-state index contributed by atoms with van der Waals surface area (Å²) < 4.78 is 6.33. The minimum Gasteiger partial charge on any atom is -0.482 e. The van der Waals surface area contributed by atoms with Crippen molar-refractivity contribution in [3.8, 4) is 5.75 Å². The van der Waals surface area contributed by atoms with Gasteiger partial charge in [0.05, 0.1) is 17.9 Å². The number of anilines is 3. The van der Waals surface area contributed by atoms with Gasteiger partial charge in [0.15, 0.2) is 12.2 Å². The van der Waals surface area contributed by atoms with Crippen LogP contribution >= 0.6 is 15.9 Å². The van der Waals surface area contributed by atoms with Crippen LogP contribution in [0, 0.1) is 5.92 Å². The van der Waals surface area contributed by atoms with E-state index in [9.17, 15) is 14.7 Å². The molecule has 190 valence electrons. The number of benzene rings is 3. The van der Waals surface area contributed by atoms with Gasteiger partial charge in [-0.1, -0.05) is 59.3 Å². The maximum absolute atomic E-state index is 13.8. The first kappa shape index (κ1) is 25.2. The second kappa shape index (κ2) is 10.1. The van der Waals surface area contributed by atoms with Crippen LogP contribution in [0.2, 0.25) is 0 Å². The lowest BCUT2D eigenvalue weighted by molar-refractivity contribution is -0.139. The van der Waals surface area contributed by atoms with E-state index in [1.54, 1.807) is 34.9 Å². The molecule has 7 nitrogen and oxygen atoms in total. The highest BCUT2D eigenvalue weighted by atomic mass is 79.9. The lowest BCUT2D eigenvalue weighted by Crippen LogP contribution is -2.44. The van der Waals surface area contributed by atoms with Crippen LogP contribution in [0.3, 0.4) is 0 Å². The average molecular weight is 563 g/mol. The molecule has 0 aliphatic carbocycles. The minimum atomic E-state index is -1.75. The molecule has 0 spiro atoms. The second-order valence-corrected chi connectivity index (χ2v) is 10.1. The van der Waals surface area contributed by atoms with Gasteiger partial charge in [-0.2, -0.15) is 0 Å². The smallest absolute Gasteiger partial charge is 0.269 e. The Morgan fingerprint density at radius 3 is 2.70 bits per heavy atom. The molecule has 2 atom stereocenters. The van der Waals surface area contributed by atoms with Crippen molar-refractivity contribution < 1.29 is 24.5 Å². The van der Waals surface area contributed by atoms with Crippen LogP contribution in [-0.2, 0) is 21.7 Å². The Morgan fingerprint density at radius 2 is 1.89 bits per heavy atom. The topological polar surface area (TPSA) is 90.3 Å². The first-order valence-electron chi connectivity index (χ1n) is 12.1. The van der Waals surface area contributed by atoms with Crippen LogP contribution in [0.4, 0.5) is 17.1 Å². The number of halogens is 1. The van der Waals surface area contributed by atoms with Crippen molar-refractivity contribution in [1.29, 1.82) is 0 Å². The number of carbonyl (C=O) groups is 2. The van der Waals surface area contributed by atoms with E-state index < -0.39 is 17.4 Å². The van der Waals surface area contributed by atoms with Crippen molar-refractivity contribution in [2.45, 2.75) is 25.5 Å². The summed E-state index contributed by atoms with van der Waals surface area (Å²) in [5.41, 5.74) is 1.57. The fourth-order valence-corrected chi connectivity index (χ4v) is 5.31. The molecule has 3 aromatic carbocycles. The van der Waals surface area contributed by atoms with E-state index in [1.165, 1.54) is 0 Å². The number of aliphatic hydroxyl groups is 2. The summed E-state index contributed by atoms with van der Waals surface area (Å²) in [6.45, 7) is 1.96. The van der Waals surface area contributed by atoms with Crippen LogP contribution in [0.5, 0.6) is 5.75 Å². The molecule has 0 saturated heterocycles. The molecule has 2 N–H and O–H groups in total. The molecule has 0 bridgehead atoms. The van der Waals surface area contributed by atoms with E-state index in [0.29, 0.717) is 34.8 Å². The Labute approximate surface area is 223 Å². The number of hydrogen-bond donors (Lipinski definition) is 2. The summed E-state index contributed by atoms with van der Waals surface area (Å²) in [4.78, 5) is 29.8. The highest BCUT2D eigenvalue weighted by molar-refractivity contribution is 9.10. The van der Waals surface area contributed by atoms with E-state index in [4.69, 9.17) is 9.84 Å². The van der Waals surface area contributed by atoms with Gasteiger partial charge in [0.1, 0.15) is 5.75 Å². The molecule has 0 fully saturated rings. The van der Waals surface area contributed by atoms with Gasteiger partial charge in [-0.25, -0.2) is 0 Å². The molecule has 5 rings (SSSR count). The summed E-state index contributed by atoms with van der Waals surface area (Å²) in [6.07, 6.45) is 3.99. The number of fused-ring (bicyclic) bond motifs is 2. The van der Waals surface area contributed by atoms with Crippen LogP contribution in [0.1, 0.15) is 24.5 Å². The summed E-state index contributed by atoms with van der Waals surface area (Å²) in [5.74, 6) is -0.477. The highest BCUT2D eigenvalue weighted by Crippen LogP contribution is 2.47. The van der Waals surface area contributed by atoms with Crippen molar-refractivity contribution in [1.82, 2.24) is 0 Å².